The van der Waals surface area contributed by atoms with Gasteiger partial charge in [-0.3, -0.25) is 15.0 Å². The van der Waals surface area contributed by atoms with E-state index in [1.807, 2.05) is 6.07 Å². The normalized spacial score (nSPS) is 16.0. The third-order valence-corrected chi connectivity index (χ3v) is 7.88. The van der Waals surface area contributed by atoms with Gasteiger partial charge in [-0.05, 0) is 47.2 Å². The molecule has 1 aromatic heterocycles. The zero-order chi connectivity index (χ0) is 26.8. The number of aromatic nitrogens is 1. The minimum Gasteiger partial charge on any atom is -0.476 e. The van der Waals surface area contributed by atoms with E-state index in [2.05, 4.69) is 63.3 Å². The highest BCUT2D eigenvalue weighted by Gasteiger charge is 2.31. The quantitative estimate of drug-likeness (QED) is 0.209. The third-order valence-electron chi connectivity index (χ3n) is 7.88. The molecule has 1 aliphatic heterocycles. The Bertz CT molecular complexity index is 1450. The van der Waals surface area contributed by atoms with E-state index < -0.39 is 4.92 Å². The molecule has 1 fully saturated rings. The van der Waals surface area contributed by atoms with Gasteiger partial charge in [0, 0.05) is 56.7 Å². The second-order valence-corrected chi connectivity index (χ2v) is 10.2. The molecule has 1 saturated heterocycles. The molecule has 39 heavy (non-hydrogen) atoms. The topological polar surface area (TPSA) is 92.0 Å². The lowest BCUT2D eigenvalue weighted by Gasteiger charge is -2.41. The van der Waals surface area contributed by atoms with Gasteiger partial charge in [0.2, 0.25) is 5.88 Å². The molecule has 0 spiro atoms. The number of rotatable bonds is 7. The van der Waals surface area contributed by atoms with Crippen molar-refractivity contribution >= 4 is 22.3 Å². The van der Waals surface area contributed by atoms with Gasteiger partial charge in [0.1, 0.15) is 5.69 Å². The summed E-state index contributed by atoms with van der Waals surface area (Å²) in [5.41, 5.74) is 7.06. The molecular formula is C31H32N4O4. The Morgan fingerprint density at radius 3 is 2.23 bits per heavy atom. The summed E-state index contributed by atoms with van der Waals surface area (Å²) in [5.74, 6) is 0.454. The summed E-state index contributed by atoms with van der Waals surface area (Å²) in [7, 11) is 0. The Labute approximate surface area is 227 Å². The van der Waals surface area contributed by atoms with Gasteiger partial charge in [0.15, 0.2) is 0 Å². The minimum atomic E-state index is -0.412. The maximum Gasteiger partial charge on any atom is 0.271 e. The Morgan fingerprint density at radius 1 is 0.923 bits per heavy atom. The number of nitro groups is 1. The van der Waals surface area contributed by atoms with E-state index in [9.17, 15) is 15.2 Å². The number of ether oxygens (including phenoxy) is 1. The van der Waals surface area contributed by atoms with Gasteiger partial charge in [0.25, 0.3) is 5.69 Å². The first kappa shape index (κ1) is 25.3. The highest BCUT2D eigenvalue weighted by molar-refractivity contribution is 5.86. The number of nitro benzene ring substituents is 1. The summed E-state index contributed by atoms with van der Waals surface area (Å²) in [5, 5.41) is 21.4. The SMILES string of the molecule is O=[N+]([O-])c1ccc2cc(N3CCN(C4c5ccccc5CCc5ccccc54)CC3)c(OCCCO)nc2c1. The van der Waals surface area contributed by atoms with Crippen molar-refractivity contribution in [3.05, 3.63) is 105 Å². The van der Waals surface area contributed by atoms with E-state index >= 15 is 0 Å². The predicted molar refractivity (Wildman–Crippen MR) is 152 cm³/mol. The van der Waals surface area contributed by atoms with Crippen molar-refractivity contribution in [1.82, 2.24) is 9.88 Å². The van der Waals surface area contributed by atoms with E-state index in [-0.39, 0.29) is 18.3 Å². The lowest BCUT2D eigenvalue weighted by Crippen LogP contribution is -2.48. The fraction of sp³-hybridized carbons (Fsp3) is 0.323. The van der Waals surface area contributed by atoms with Gasteiger partial charge in [-0.2, -0.15) is 0 Å². The van der Waals surface area contributed by atoms with Gasteiger partial charge in [0.05, 0.1) is 23.1 Å². The standard InChI is InChI=1S/C31H32N4O4/c36-18-5-19-39-31-29(20-24-12-13-25(35(37)38)21-28(24)32-31)33-14-16-34(17-15-33)30-26-8-3-1-6-22(26)10-11-23-7-2-4-9-27(23)30/h1-4,6-9,12-13,20-21,30,36H,5,10-11,14-19H2. The molecule has 0 saturated carbocycles. The number of non-ortho nitro benzene ring substituents is 1. The molecule has 8 heteroatoms. The molecule has 200 valence electrons. The molecule has 0 amide bonds. The number of nitrogens with zero attached hydrogens (tertiary/aromatic N) is 4. The number of benzene rings is 3. The van der Waals surface area contributed by atoms with Crippen LogP contribution in [0, 0.1) is 10.1 Å². The van der Waals surface area contributed by atoms with E-state index in [4.69, 9.17) is 4.74 Å². The smallest absolute Gasteiger partial charge is 0.271 e. The monoisotopic (exact) mass is 524 g/mol. The van der Waals surface area contributed by atoms with Crippen molar-refractivity contribution in [3.8, 4) is 5.88 Å². The molecule has 1 N–H and O–H groups in total. The van der Waals surface area contributed by atoms with Gasteiger partial charge in [-0.25, -0.2) is 4.98 Å². The zero-order valence-electron chi connectivity index (χ0n) is 21.8. The van der Waals surface area contributed by atoms with E-state index in [0.717, 1.165) is 50.1 Å². The first-order valence-corrected chi connectivity index (χ1v) is 13.6. The molecule has 6 rings (SSSR count). The highest BCUT2D eigenvalue weighted by atomic mass is 16.6. The lowest BCUT2D eigenvalue weighted by molar-refractivity contribution is -0.384. The third kappa shape index (κ3) is 5.05. The Morgan fingerprint density at radius 2 is 1.59 bits per heavy atom. The van der Waals surface area contributed by atoms with Crippen molar-refractivity contribution in [3.63, 3.8) is 0 Å². The summed E-state index contributed by atoms with van der Waals surface area (Å²) >= 11 is 0. The van der Waals surface area contributed by atoms with E-state index in [1.165, 1.54) is 34.4 Å². The van der Waals surface area contributed by atoms with Crippen LogP contribution in [0.1, 0.15) is 34.7 Å². The zero-order valence-corrected chi connectivity index (χ0v) is 21.8. The Balaban J connectivity index is 1.30. The molecule has 0 bridgehead atoms. The molecule has 0 unspecified atom stereocenters. The van der Waals surface area contributed by atoms with Crippen LogP contribution < -0.4 is 9.64 Å². The number of anilines is 1. The molecule has 0 atom stereocenters. The number of pyridine rings is 1. The molecule has 3 aromatic carbocycles. The van der Waals surface area contributed by atoms with Crippen LogP contribution in [0.5, 0.6) is 5.88 Å². The summed E-state index contributed by atoms with van der Waals surface area (Å²) in [6.45, 7) is 3.71. The summed E-state index contributed by atoms with van der Waals surface area (Å²) in [6.07, 6.45) is 2.60. The van der Waals surface area contributed by atoms with Crippen molar-refractivity contribution in [2.75, 3.05) is 44.3 Å². The average Bonchev–Trinajstić information content (AvgIpc) is 3.14. The maximum absolute atomic E-state index is 11.3. The fourth-order valence-electron chi connectivity index (χ4n) is 5.91. The second kappa shape index (κ2) is 11.0. The van der Waals surface area contributed by atoms with Crippen LogP contribution in [-0.4, -0.2) is 59.3 Å². The van der Waals surface area contributed by atoms with Gasteiger partial charge in [-0.1, -0.05) is 48.5 Å². The van der Waals surface area contributed by atoms with Gasteiger partial charge in [-0.15, -0.1) is 0 Å². The maximum atomic E-state index is 11.3. The van der Waals surface area contributed by atoms with Gasteiger partial charge < -0.3 is 14.7 Å². The molecule has 2 heterocycles. The second-order valence-electron chi connectivity index (χ2n) is 10.2. The first-order chi connectivity index (χ1) is 19.1. The van der Waals surface area contributed by atoms with Crippen molar-refractivity contribution in [2.45, 2.75) is 25.3 Å². The number of fused-ring (bicyclic) bond motifs is 3. The van der Waals surface area contributed by atoms with Crippen molar-refractivity contribution < 1.29 is 14.8 Å². The number of aliphatic hydroxyl groups excluding tert-OH is 1. The summed E-state index contributed by atoms with van der Waals surface area (Å²) in [6, 6.07) is 24.7. The number of hydrogen-bond donors (Lipinski definition) is 1. The number of aliphatic hydroxyl groups is 1. The van der Waals surface area contributed by atoms with Crippen LogP contribution in [0.2, 0.25) is 0 Å². The highest BCUT2D eigenvalue weighted by Crippen LogP contribution is 2.38. The first-order valence-electron chi connectivity index (χ1n) is 13.6. The molecule has 1 aliphatic carbocycles. The number of piperazine rings is 1. The minimum absolute atomic E-state index is 0.00151. The summed E-state index contributed by atoms with van der Waals surface area (Å²) in [4.78, 5) is 20.5. The van der Waals surface area contributed by atoms with Crippen LogP contribution in [0.3, 0.4) is 0 Å². The summed E-state index contributed by atoms with van der Waals surface area (Å²) < 4.78 is 6.00. The van der Waals surface area contributed by atoms with Crippen molar-refractivity contribution in [2.24, 2.45) is 0 Å². The van der Waals surface area contributed by atoms with Crippen LogP contribution >= 0.6 is 0 Å². The number of hydrogen-bond acceptors (Lipinski definition) is 7. The van der Waals surface area contributed by atoms with E-state index in [1.54, 1.807) is 6.07 Å². The fourth-order valence-corrected chi connectivity index (χ4v) is 5.91. The molecular weight excluding hydrogens is 492 g/mol. The molecule has 2 aliphatic rings. The number of aryl methyl sites for hydroxylation is 2. The van der Waals surface area contributed by atoms with Crippen LogP contribution in [0.25, 0.3) is 10.9 Å². The molecule has 4 aromatic rings. The van der Waals surface area contributed by atoms with E-state index in [0.29, 0.717) is 24.4 Å². The Hall–Kier alpha value is -4.01. The van der Waals surface area contributed by atoms with Crippen LogP contribution in [-0.2, 0) is 12.8 Å². The lowest BCUT2D eigenvalue weighted by atomic mass is 9.92. The molecule has 0 radical (unpaired) electrons. The van der Waals surface area contributed by atoms with Crippen LogP contribution in [0.4, 0.5) is 11.4 Å². The average molecular weight is 525 g/mol. The Kier molecular flexibility index (Phi) is 7.13. The molecule has 8 nitrogen and oxygen atoms in total. The predicted octanol–water partition coefficient (Wildman–Crippen LogP) is 4.91. The largest absolute Gasteiger partial charge is 0.476 e. The van der Waals surface area contributed by atoms with Crippen LogP contribution in [0.15, 0.2) is 72.8 Å². The van der Waals surface area contributed by atoms with Crippen molar-refractivity contribution in [1.29, 1.82) is 0 Å². The van der Waals surface area contributed by atoms with Gasteiger partial charge >= 0.3 is 0 Å².